The summed E-state index contributed by atoms with van der Waals surface area (Å²) in [5.74, 6) is -1.19. The van der Waals surface area contributed by atoms with Gasteiger partial charge in [0.15, 0.2) is 0 Å². The van der Waals surface area contributed by atoms with Gasteiger partial charge in [-0.2, -0.15) is 0 Å². The van der Waals surface area contributed by atoms with Crippen LogP contribution < -0.4 is 10.0 Å². The fraction of sp³-hybridized carbons (Fsp3) is 0.136. The SMILES string of the molecule is CC(c1ccccc1F)c1c(F)ccc2c1NC(=NCc1cccc(F)c1)NS2. The molecule has 0 saturated heterocycles. The number of anilines is 1. The lowest BCUT2D eigenvalue weighted by Gasteiger charge is -2.26. The van der Waals surface area contributed by atoms with Crippen molar-refractivity contribution in [3.8, 4) is 0 Å². The van der Waals surface area contributed by atoms with Gasteiger partial charge in [0.05, 0.1) is 17.1 Å². The van der Waals surface area contributed by atoms with E-state index >= 15 is 0 Å². The van der Waals surface area contributed by atoms with Crippen molar-refractivity contribution in [3.05, 3.63) is 94.8 Å². The molecule has 3 nitrogen and oxygen atoms in total. The maximum Gasteiger partial charge on any atom is 0.206 e. The third-order valence-corrected chi connectivity index (χ3v) is 5.62. The van der Waals surface area contributed by atoms with E-state index in [1.54, 1.807) is 43.3 Å². The molecule has 2 N–H and O–H groups in total. The van der Waals surface area contributed by atoms with Gasteiger partial charge in [-0.15, -0.1) is 0 Å². The average molecular weight is 413 g/mol. The van der Waals surface area contributed by atoms with Crippen LogP contribution in [0.2, 0.25) is 0 Å². The molecule has 4 rings (SSSR count). The molecule has 0 spiro atoms. The lowest BCUT2D eigenvalue weighted by atomic mass is 9.91. The number of fused-ring (bicyclic) bond motifs is 1. The summed E-state index contributed by atoms with van der Waals surface area (Å²) in [7, 11) is 0. The fourth-order valence-electron chi connectivity index (χ4n) is 3.32. The largest absolute Gasteiger partial charge is 0.324 e. The Morgan fingerprint density at radius 3 is 2.59 bits per heavy atom. The highest BCUT2D eigenvalue weighted by atomic mass is 32.2. The number of hydrogen-bond acceptors (Lipinski definition) is 2. The second kappa shape index (κ2) is 8.21. The van der Waals surface area contributed by atoms with Crippen LogP contribution in [-0.4, -0.2) is 5.96 Å². The summed E-state index contributed by atoms with van der Waals surface area (Å²) >= 11 is 1.30. The molecule has 0 fully saturated rings. The lowest BCUT2D eigenvalue weighted by Crippen LogP contribution is -2.30. The van der Waals surface area contributed by atoms with Crippen LogP contribution in [0.15, 0.2) is 70.6 Å². The number of halogens is 3. The Morgan fingerprint density at radius 1 is 0.966 bits per heavy atom. The fourth-order valence-corrected chi connectivity index (χ4v) is 4.04. The zero-order valence-corrected chi connectivity index (χ0v) is 16.4. The summed E-state index contributed by atoms with van der Waals surface area (Å²) in [4.78, 5) is 5.21. The first-order valence-electron chi connectivity index (χ1n) is 9.08. The lowest BCUT2D eigenvalue weighted by molar-refractivity contribution is 0.581. The highest BCUT2D eigenvalue weighted by Crippen LogP contribution is 2.40. The molecule has 29 heavy (non-hydrogen) atoms. The molecule has 1 atom stereocenters. The summed E-state index contributed by atoms with van der Waals surface area (Å²) in [6.07, 6.45) is 0. The van der Waals surface area contributed by atoms with E-state index in [1.807, 2.05) is 0 Å². The maximum absolute atomic E-state index is 14.8. The standard InChI is InChI=1S/C22H18F3N3S/c1-13(16-7-2-3-8-17(16)24)20-18(25)9-10-19-21(20)27-22(28-29-19)26-12-14-5-4-6-15(23)11-14/h2-11,13H,12H2,1H3,(H2,26,27,28). The minimum absolute atomic E-state index is 0.260. The van der Waals surface area contributed by atoms with Crippen molar-refractivity contribution in [1.29, 1.82) is 0 Å². The smallest absolute Gasteiger partial charge is 0.206 e. The van der Waals surface area contributed by atoms with Crippen molar-refractivity contribution < 1.29 is 13.2 Å². The third-order valence-electron chi connectivity index (χ3n) is 4.77. The number of hydrogen-bond donors (Lipinski definition) is 2. The molecule has 3 aromatic rings. The summed E-state index contributed by atoms with van der Waals surface area (Å²) in [6, 6.07) is 15.6. The van der Waals surface area contributed by atoms with Gasteiger partial charge in [0.1, 0.15) is 17.5 Å². The van der Waals surface area contributed by atoms with Crippen LogP contribution in [0, 0.1) is 17.5 Å². The minimum atomic E-state index is -0.498. The van der Waals surface area contributed by atoms with Crippen LogP contribution in [-0.2, 0) is 6.54 Å². The molecule has 148 valence electrons. The number of aliphatic imine (C=N–C) groups is 1. The normalized spacial score (nSPS) is 15.4. The summed E-state index contributed by atoms with van der Waals surface area (Å²) in [5, 5.41) is 3.12. The van der Waals surface area contributed by atoms with Gasteiger partial charge < -0.3 is 5.32 Å². The zero-order chi connectivity index (χ0) is 20.4. The van der Waals surface area contributed by atoms with Crippen LogP contribution in [0.1, 0.15) is 29.5 Å². The quantitative estimate of drug-likeness (QED) is 0.528. The minimum Gasteiger partial charge on any atom is -0.324 e. The molecule has 1 unspecified atom stereocenters. The molecule has 1 heterocycles. The molecular formula is C22H18F3N3S. The Labute approximate surface area is 171 Å². The molecule has 0 amide bonds. The van der Waals surface area contributed by atoms with E-state index in [-0.39, 0.29) is 18.2 Å². The van der Waals surface area contributed by atoms with Gasteiger partial charge in [0, 0.05) is 11.5 Å². The molecule has 0 aliphatic carbocycles. The van der Waals surface area contributed by atoms with Gasteiger partial charge in [0.2, 0.25) is 5.96 Å². The van der Waals surface area contributed by atoms with Gasteiger partial charge >= 0.3 is 0 Å². The second-order valence-electron chi connectivity index (χ2n) is 6.70. The Bertz CT molecular complexity index is 1080. The Hall–Kier alpha value is -2.93. The van der Waals surface area contributed by atoms with Crippen LogP contribution in [0.3, 0.4) is 0 Å². The van der Waals surface area contributed by atoms with E-state index in [0.717, 1.165) is 10.5 Å². The van der Waals surface area contributed by atoms with E-state index < -0.39 is 11.7 Å². The number of benzene rings is 3. The van der Waals surface area contributed by atoms with Crippen molar-refractivity contribution in [2.45, 2.75) is 24.3 Å². The molecule has 0 saturated carbocycles. The molecule has 1 aliphatic rings. The molecule has 1 aliphatic heterocycles. The molecule has 3 aromatic carbocycles. The van der Waals surface area contributed by atoms with E-state index in [4.69, 9.17) is 0 Å². The Balaban J connectivity index is 1.66. The topological polar surface area (TPSA) is 36.4 Å². The van der Waals surface area contributed by atoms with Crippen LogP contribution in [0.4, 0.5) is 18.9 Å². The molecule has 0 bridgehead atoms. The second-order valence-corrected chi connectivity index (χ2v) is 7.55. The average Bonchev–Trinajstić information content (AvgIpc) is 2.72. The van der Waals surface area contributed by atoms with Gasteiger partial charge in [-0.25, -0.2) is 18.2 Å². The first-order chi connectivity index (χ1) is 14.0. The Morgan fingerprint density at radius 2 is 1.79 bits per heavy atom. The summed E-state index contributed by atoms with van der Waals surface area (Å²) in [6.45, 7) is 2.03. The highest BCUT2D eigenvalue weighted by molar-refractivity contribution is 7.98. The molecule has 0 radical (unpaired) electrons. The first kappa shape index (κ1) is 19.4. The van der Waals surface area contributed by atoms with Crippen molar-refractivity contribution in [2.75, 3.05) is 5.32 Å². The molecular weight excluding hydrogens is 395 g/mol. The van der Waals surface area contributed by atoms with Gasteiger partial charge in [0.25, 0.3) is 0 Å². The zero-order valence-electron chi connectivity index (χ0n) is 15.5. The third kappa shape index (κ3) is 4.10. The molecule has 7 heteroatoms. The van der Waals surface area contributed by atoms with Gasteiger partial charge in [-0.3, -0.25) is 4.72 Å². The maximum atomic E-state index is 14.8. The van der Waals surface area contributed by atoms with E-state index in [1.165, 1.54) is 36.2 Å². The van der Waals surface area contributed by atoms with Gasteiger partial charge in [-0.1, -0.05) is 37.3 Å². The number of nitrogens with one attached hydrogen (secondary N) is 2. The number of guanidine groups is 1. The van der Waals surface area contributed by atoms with Crippen molar-refractivity contribution >= 4 is 23.6 Å². The van der Waals surface area contributed by atoms with E-state index in [0.29, 0.717) is 22.8 Å². The van der Waals surface area contributed by atoms with E-state index in [2.05, 4.69) is 15.0 Å². The summed E-state index contributed by atoms with van der Waals surface area (Å²) in [5.41, 5.74) is 2.07. The van der Waals surface area contributed by atoms with Crippen molar-refractivity contribution in [3.63, 3.8) is 0 Å². The summed E-state index contributed by atoms with van der Waals surface area (Å²) < 4.78 is 45.5. The number of nitrogens with zero attached hydrogens (tertiary/aromatic N) is 1. The highest BCUT2D eigenvalue weighted by Gasteiger charge is 2.25. The Kier molecular flexibility index (Phi) is 5.49. The first-order valence-corrected chi connectivity index (χ1v) is 9.90. The van der Waals surface area contributed by atoms with E-state index in [9.17, 15) is 13.2 Å². The predicted molar refractivity (Wildman–Crippen MR) is 110 cm³/mol. The predicted octanol–water partition coefficient (Wildman–Crippen LogP) is 5.83. The monoisotopic (exact) mass is 413 g/mol. The van der Waals surface area contributed by atoms with Crippen LogP contribution >= 0.6 is 11.9 Å². The van der Waals surface area contributed by atoms with Crippen molar-refractivity contribution in [2.24, 2.45) is 4.99 Å². The van der Waals surface area contributed by atoms with Crippen LogP contribution in [0.25, 0.3) is 0 Å². The van der Waals surface area contributed by atoms with Crippen molar-refractivity contribution in [1.82, 2.24) is 4.72 Å². The van der Waals surface area contributed by atoms with Gasteiger partial charge in [-0.05, 0) is 53.4 Å². The number of rotatable bonds is 4. The molecule has 0 aromatic heterocycles. The van der Waals surface area contributed by atoms with Crippen LogP contribution in [0.5, 0.6) is 0 Å².